The highest BCUT2D eigenvalue weighted by Gasteiger charge is 2.06. The summed E-state index contributed by atoms with van der Waals surface area (Å²) in [5, 5.41) is 0. The third-order valence-electron chi connectivity index (χ3n) is 2.46. The van der Waals surface area contributed by atoms with Crippen LogP contribution in [-0.4, -0.2) is 11.6 Å². The van der Waals surface area contributed by atoms with E-state index in [1.807, 2.05) is 30.3 Å². The largest absolute Gasteiger partial charge is 0.490 e. The van der Waals surface area contributed by atoms with E-state index < -0.39 is 0 Å². The maximum absolute atomic E-state index is 5.83. The quantitative estimate of drug-likeness (QED) is 0.733. The number of alkyl halides is 1. The van der Waals surface area contributed by atoms with Crippen molar-refractivity contribution in [3.05, 3.63) is 48.3 Å². The molecule has 1 aromatic heterocycles. The zero-order chi connectivity index (χ0) is 13.5. The van der Waals surface area contributed by atoms with Crippen molar-refractivity contribution >= 4 is 11.6 Å². The van der Waals surface area contributed by atoms with Gasteiger partial charge in [-0.2, -0.15) is 0 Å². The van der Waals surface area contributed by atoms with Crippen LogP contribution in [0.5, 0.6) is 17.2 Å². The molecule has 100 valence electrons. The van der Waals surface area contributed by atoms with Crippen LogP contribution >= 0.6 is 11.6 Å². The second kappa shape index (κ2) is 7.00. The lowest BCUT2D eigenvalue weighted by Crippen LogP contribution is -1.97. The predicted molar refractivity (Wildman–Crippen MR) is 76.1 cm³/mol. The van der Waals surface area contributed by atoms with Gasteiger partial charge in [0.05, 0.1) is 18.2 Å². The van der Waals surface area contributed by atoms with E-state index in [1.54, 1.807) is 12.3 Å². The normalized spacial score (nSPS) is 10.2. The lowest BCUT2D eigenvalue weighted by Gasteiger charge is -2.12. The molecule has 3 nitrogen and oxygen atoms in total. The number of benzene rings is 1. The van der Waals surface area contributed by atoms with Crippen molar-refractivity contribution in [2.75, 3.05) is 6.61 Å². The van der Waals surface area contributed by atoms with Crippen molar-refractivity contribution in [2.45, 2.75) is 19.2 Å². The molecule has 0 aliphatic heterocycles. The maximum Gasteiger partial charge on any atom is 0.169 e. The Morgan fingerprint density at radius 2 is 1.95 bits per heavy atom. The Bertz CT molecular complexity index is 531. The molecule has 0 amide bonds. The minimum atomic E-state index is 0.366. The van der Waals surface area contributed by atoms with Crippen LogP contribution in [0.1, 0.15) is 19.0 Å². The summed E-state index contributed by atoms with van der Waals surface area (Å²) in [4.78, 5) is 4.13. The molecule has 2 rings (SSSR count). The average Bonchev–Trinajstić information content (AvgIpc) is 2.46. The smallest absolute Gasteiger partial charge is 0.169 e. The number of hydrogen-bond donors (Lipinski definition) is 0. The monoisotopic (exact) mass is 277 g/mol. The molecule has 19 heavy (non-hydrogen) atoms. The first-order chi connectivity index (χ1) is 9.33. The summed E-state index contributed by atoms with van der Waals surface area (Å²) in [6, 6.07) is 11.2. The van der Waals surface area contributed by atoms with E-state index in [-0.39, 0.29) is 0 Å². The van der Waals surface area contributed by atoms with Crippen LogP contribution in [0.15, 0.2) is 42.6 Å². The van der Waals surface area contributed by atoms with E-state index in [4.69, 9.17) is 21.1 Å². The summed E-state index contributed by atoms with van der Waals surface area (Å²) in [7, 11) is 0. The fourth-order valence-corrected chi connectivity index (χ4v) is 1.73. The summed E-state index contributed by atoms with van der Waals surface area (Å²) in [5.74, 6) is 2.51. The minimum Gasteiger partial charge on any atom is -0.490 e. The predicted octanol–water partition coefficient (Wildman–Crippen LogP) is 4.40. The molecule has 0 aliphatic carbocycles. The molecule has 1 aromatic carbocycles. The molecule has 2 aromatic rings. The van der Waals surface area contributed by atoms with Crippen molar-refractivity contribution in [2.24, 2.45) is 0 Å². The van der Waals surface area contributed by atoms with Gasteiger partial charge in [-0.05, 0) is 24.6 Å². The Balaban J connectivity index is 2.17. The van der Waals surface area contributed by atoms with Gasteiger partial charge < -0.3 is 9.47 Å². The van der Waals surface area contributed by atoms with E-state index in [0.717, 1.165) is 17.9 Å². The summed E-state index contributed by atoms with van der Waals surface area (Å²) in [6.07, 6.45) is 2.64. The van der Waals surface area contributed by atoms with Crippen LogP contribution < -0.4 is 9.47 Å². The standard InChI is InChI=1S/C15H16ClNO2/c1-2-9-18-14-5-3-4-6-15(14)19-13-7-8-17-12(10-13)11-16/h3-8,10H,2,9,11H2,1H3. The van der Waals surface area contributed by atoms with Crippen LogP contribution in [0.25, 0.3) is 0 Å². The third kappa shape index (κ3) is 3.86. The second-order valence-corrected chi connectivity index (χ2v) is 4.28. The zero-order valence-electron chi connectivity index (χ0n) is 10.8. The summed E-state index contributed by atoms with van der Waals surface area (Å²) in [5.41, 5.74) is 0.783. The number of ether oxygens (including phenoxy) is 2. The summed E-state index contributed by atoms with van der Waals surface area (Å²) >= 11 is 5.76. The van der Waals surface area contributed by atoms with E-state index in [0.29, 0.717) is 24.0 Å². The lowest BCUT2D eigenvalue weighted by molar-refractivity contribution is 0.302. The summed E-state index contributed by atoms with van der Waals surface area (Å²) < 4.78 is 11.5. The molecule has 0 N–H and O–H groups in total. The van der Waals surface area contributed by atoms with Gasteiger partial charge in [0.1, 0.15) is 5.75 Å². The molecule has 0 bridgehead atoms. The molecule has 0 spiro atoms. The maximum atomic E-state index is 5.83. The second-order valence-electron chi connectivity index (χ2n) is 4.01. The molecule has 0 radical (unpaired) electrons. The van der Waals surface area contributed by atoms with Crippen LogP contribution in [0, 0.1) is 0 Å². The number of pyridine rings is 1. The number of aromatic nitrogens is 1. The molecule has 1 heterocycles. The fraction of sp³-hybridized carbons (Fsp3) is 0.267. The van der Waals surface area contributed by atoms with Gasteiger partial charge in [-0.15, -0.1) is 11.6 Å². The zero-order valence-corrected chi connectivity index (χ0v) is 11.6. The van der Waals surface area contributed by atoms with Crippen LogP contribution in [0.2, 0.25) is 0 Å². The van der Waals surface area contributed by atoms with E-state index in [1.165, 1.54) is 0 Å². The van der Waals surface area contributed by atoms with E-state index >= 15 is 0 Å². The number of hydrogen-bond acceptors (Lipinski definition) is 3. The van der Waals surface area contributed by atoms with Crippen molar-refractivity contribution in [3.8, 4) is 17.2 Å². The van der Waals surface area contributed by atoms with E-state index in [9.17, 15) is 0 Å². The molecule has 0 atom stereocenters. The van der Waals surface area contributed by atoms with Gasteiger partial charge in [0, 0.05) is 12.3 Å². The SMILES string of the molecule is CCCOc1ccccc1Oc1ccnc(CCl)c1. The van der Waals surface area contributed by atoms with Crippen molar-refractivity contribution in [3.63, 3.8) is 0 Å². The molecular formula is C15H16ClNO2. The number of halogens is 1. The first kappa shape index (κ1) is 13.7. The van der Waals surface area contributed by atoms with Gasteiger partial charge in [0.15, 0.2) is 11.5 Å². The first-order valence-electron chi connectivity index (χ1n) is 6.24. The average molecular weight is 278 g/mol. The Kier molecular flexibility index (Phi) is 5.04. The molecule has 0 fully saturated rings. The van der Waals surface area contributed by atoms with E-state index in [2.05, 4.69) is 11.9 Å². The van der Waals surface area contributed by atoms with Gasteiger partial charge in [-0.1, -0.05) is 19.1 Å². The Labute approximate surface area is 118 Å². The first-order valence-corrected chi connectivity index (χ1v) is 6.77. The van der Waals surface area contributed by atoms with Crippen molar-refractivity contribution < 1.29 is 9.47 Å². The van der Waals surface area contributed by atoms with Crippen LogP contribution in [-0.2, 0) is 5.88 Å². The molecule has 0 saturated carbocycles. The summed E-state index contributed by atoms with van der Waals surface area (Å²) in [6.45, 7) is 2.74. The minimum absolute atomic E-state index is 0.366. The molecule has 0 unspecified atom stereocenters. The van der Waals surface area contributed by atoms with Crippen molar-refractivity contribution in [1.82, 2.24) is 4.98 Å². The van der Waals surface area contributed by atoms with Gasteiger partial charge in [0.25, 0.3) is 0 Å². The number of rotatable bonds is 6. The molecule has 0 aliphatic rings. The lowest BCUT2D eigenvalue weighted by atomic mass is 10.3. The molecule has 4 heteroatoms. The Hall–Kier alpha value is -1.74. The fourth-order valence-electron chi connectivity index (χ4n) is 1.59. The highest BCUT2D eigenvalue weighted by molar-refractivity contribution is 6.16. The van der Waals surface area contributed by atoms with Gasteiger partial charge in [-0.25, -0.2) is 0 Å². The molecular weight excluding hydrogens is 262 g/mol. The molecule has 0 saturated heterocycles. The van der Waals surface area contributed by atoms with Gasteiger partial charge >= 0.3 is 0 Å². The highest BCUT2D eigenvalue weighted by atomic mass is 35.5. The van der Waals surface area contributed by atoms with Crippen LogP contribution in [0.3, 0.4) is 0 Å². The van der Waals surface area contributed by atoms with Gasteiger partial charge in [-0.3, -0.25) is 4.98 Å². The Morgan fingerprint density at radius 3 is 2.68 bits per heavy atom. The topological polar surface area (TPSA) is 31.4 Å². The number of para-hydroxylation sites is 2. The third-order valence-corrected chi connectivity index (χ3v) is 2.74. The Morgan fingerprint density at radius 1 is 1.16 bits per heavy atom. The van der Waals surface area contributed by atoms with Crippen LogP contribution in [0.4, 0.5) is 0 Å². The van der Waals surface area contributed by atoms with Gasteiger partial charge in [0.2, 0.25) is 0 Å². The van der Waals surface area contributed by atoms with Crippen molar-refractivity contribution in [1.29, 1.82) is 0 Å². The highest BCUT2D eigenvalue weighted by Crippen LogP contribution is 2.31. The number of nitrogens with zero attached hydrogens (tertiary/aromatic N) is 1.